The van der Waals surface area contributed by atoms with Crippen LogP contribution in [-0.2, 0) is 19.4 Å². The van der Waals surface area contributed by atoms with Crippen molar-refractivity contribution in [2.45, 2.75) is 96.1 Å². The lowest BCUT2D eigenvalue weighted by Crippen LogP contribution is -2.40. The first-order chi connectivity index (χ1) is 31.9. The van der Waals surface area contributed by atoms with Crippen molar-refractivity contribution in [3.63, 3.8) is 0 Å². The largest absolute Gasteiger partial charge is 0.489 e. The SMILES string of the molecule is CN(C(=O)n1cnc(-c2cccc(OCc3ccccc3)c2)c1)C1CCCCC1.O=C(Oc1ccccc1)n1cnc(-c2cccc(CCc3ccccc3)c2)c1.[CH2+]CC1CCCCC1. The lowest BCUT2D eigenvalue weighted by atomic mass is 9.88. The van der Waals surface area contributed by atoms with Crippen LogP contribution in [0.2, 0.25) is 0 Å². The molecule has 0 atom stereocenters. The maximum atomic E-state index is 12.8. The predicted octanol–water partition coefficient (Wildman–Crippen LogP) is 13.5. The predicted molar refractivity (Wildman–Crippen MR) is 260 cm³/mol. The van der Waals surface area contributed by atoms with Crippen molar-refractivity contribution in [1.82, 2.24) is 24.0 Å². The number of amides is 1. The molecule has 1 amide bonds. The molecule has 9 rings (SSSR count). The smallest absolute Gasteiger partial charge is 0.424 e. The van der Waals surface area contributed by atoms with Gasteiger partial charge in [0.2, 0.25) is 0 Å². The minimum Gasteiger partial charge on any atom is -0.489 e. The van der Waals surface area contributed by atoms with Crippen LogP contribution in [0.1, 0.15) is 87.3 Å². The van der Waals surface area contributed by atoms with E-state index in [0.29, 0.717) is 18.4 Å². The van der Waals surface area contributed by atoms with Gasteiger partial charge in [-0.25, -0.2) is 24.1 Å². The standard InChI is InChI=1S/C24H27N3O2.C24H20N2O2.C8H15/c1-26(21-12-6-3-7-13-21)24(28)27-16-23(25-18-27)20-11-8-14-22(15-20)29-17-19-9-4-2-5-10-19;27-24(28-22-12-5-2-6-13-22)26-17-23(25-18-26)21-11-7-10-20(16-21)15-14-19-8-3-1-4-9-19;1-2-8-6-4-3-5-7-8/h2,4-5,8-11,14-16,18,21H,3,6-7,12-13,17H2,1H3;1-13,16-18H,14-15H2;8H,1-7H2/q;;+1. The van der Waals surface area contributed by atoms with Crippen molar-refractivity contribution in [3.05, 3.63) is 188 Å². The van der Waals surface area contributed by atoms with E-state index in [1.54, 1.807) is 35.4 Å². The number of hydrogen-bond acceptors (Lipinski definition) is 6. The molecule has 7 aromatic rings. The average molecular weight is 869 g/mol. The highest BCUT2D eigenvalue weighted by Gasteiger charge is 2.23. The summed E-state index contributed by atoms with van der Waals surface area (Å²) in [5.41, 5.74) is 7.11. The summed E-state index contributed by atoms with van der Waals surface area (Å²) in [4.78, 5) is 35.8. The number of nitrogens with zero attached hydrogens (tertiary/aromatic N) is 5. The number of aryl methyl sites for hydroxylation is 2. The van der Waals surface area contributed by atoms with E-state index in [-0.39, 0.29) is 6.03 Å². The lowest BCUT2D eigenvalue weighted by Gasteiger charge is -2.31. The second-order valence-electron chi connectivity index (χ2n) is 17.0. The molecule has 2 aliphatic rings. The molecule has 5 aromatic carbocycles. The molecule has 9 nitrogen and oxygen atoms in total. The molecular weight excluding hydrogens is 807 g/mol. The molecule has 0 radical (unpaired) electrons. The van der Waals surface area contributed by atoms with Gasteiger partial charge in [0.1, 0.15) is 30.8 Å². The number of hydrogen-bond donors (Lipinski definition) is 0. The quantitative estimate of drug-likeness (QED) is 0.120. The van der Waals surface area contributed by atoms with Gasteiger partial charge in [-0.2, -0.15) is 0 Å². The van der Waals surface area contributed by atoms with Crippen LogP contribution in [-0.4, -0.2) is 49.2 Å². The van der Waals surface area contributed by atoms with Crippen molar-refractivity contribution < 1.29 is 19.1 Å². The highest BCUT2D eigenvalue weighted by atomic mass is 16.6. The van der Waals surface area contributed by atoms with Gasteiger partial charge in [-0.1, -0.05) is 148 Å². The van der Waals surface area contributed by atoms with E-state index >= 15 is 0 Å². The maximum absolute atomic E-state index is 12.8. The van der Waals surface area contributed by atoms with Crippen LogP contribution < -0.4 is 9.47 Å². The van der Waals surface area contributed by atoms with Gasteiger partial charge in [-0.05, 0) is 91.5 Å². The molecule has 9 heteroatoms. The Morgan fingerprint density at radius 1 is 0.600 bits per heavy atom. The zero-order valence-electron chi connectivity index (χ0n) is 37.7. The summed E-state index contributed by atoms with van der Waals surface area (Å²) in [7, 11) is 1.90. The van der Waals surface area contributed by atoms with Gasteiger partial charge in [-0.3, -0.25) is 4.57 Å². The van der Waals surface area contributed by atoms with Crippen molar-refractivity contribution in [3.8, 4) is 34.0 Å². The Bertz CT molecular complexity index is 2490. The van der Waals surface area contributed by atoms with E-state index in [0.717, 1.165) is 65.4 Å². The Hall–Kier alpha value is -6.87. The topological polar surface area (TPSA) is 91.5 Å². The Morgan fingerprint density at radius 2 is 1.12 bits per heavy atom. The molecule has 65 heavy (non-hydrogen) atoms. The van der Waals surface area contributed by atoms with Gasteiger partial charge < -0.3 is 14.4 Å². The molecule has 2 saturated carbocycles. The number of ether oxygens (including phenoxy) is 2. The average Bonchev–Trinajstić information content (AvgIpc) is 4.09. The van der Waals surface area contributed by atoms with Crippen LogP contribution in [0.25, 0.3) is 22.5 Å². The lowest BCUT2D eigenvalue weighted by molar-refractivity contribution is 0.175. The summed E-state index contributed by atoms with van der Waals surface area (Å²) >= 11 is 0. The summed E-state index contributed by atoms with van der Waals surface area (Å²) in [5, 5.41) is 0. The number of rotatable bonds is 11. The van der Waals surface area contributed by atoms with E-state index < -0.39 is 6.09 Å². The van der Waals surface area contributed by atoms with Crippen molar-refractivity contribution in [1.29, 1.82) is 0 Å². The van der Waals surface area contributed by atoms with Gasteiger partial charge >= 0.3 is 12.1 Å². The molecule has 2 aliphatic carbocycles. The fraction of sp³-hybridized carbons (Fsp3) is 0.304. The van der Waals surface area contributed by atoms with E-state index in [9.17, 15) is 9.59 Å². The Kier molecular flexibility index (Phi) is 17.2. The van der Waals surface area contributed by atoms with Gasteiger partial charge in [0.25, 0.3) is 0 Å². The van der Waals surface area contributed by atoms with E-state index in [1.165, 1.54) is 79.8 Å². The Balaban J connectivity index is 0.000000166. The molecule has 2 aromatic heterocycles. The van der Waals surface area contributed by atoms with Crippen molar-refractivity contribution in [2.75, 3.05) is 7.05 Å². The van der Waals surface area contributed by atoms with Crippen LogP contribution in [0, 0.1) is 12.8 Å². The maximum Gasteiger partial charge on any atom is 0.424 e. The van der Waals surface area contributed by atoms with Crippen LogP contribution in [0.3, 0.4) is 0 Å². The second kappa shape index (κ2) is 24.3. The third-order valence-corrected chi connectivity index (χ3v) is 12.2. The zero-order chi connectivity index (χ0) is 45.1. The molecule has 0 unspecified atom stereocenters. The number of imidazole rings is 2. The highest BCUT2D eigenvalue weighted by Crippen LogP contribution is 2.27. The second-order valence-corrected chi connectivity index (χ2v) is 17.0. The zero-order valence-corrected chi connectivity index (χ0v) is 37.7. The van der Waals surface area contributed by atoms with E-state index in [4.69, 9.17) is 9.47 Å². The number of para-hydroxylation sites is 1. The summed E-state index contributed by atoms with van der Waals surface area (Å²) < 4.78 is 14.2. The number of carbonyl (C=O) groups is 2. The van der Waals surface area contributed by atoms with Crippen LogP contribution in [0.15, 0.2) is 165 Å². The van der Waals surface area contributed by atoms with Gasteiger partial charge in [-0.15, -0.1) is 0 Å². The van der Waals surface area contributed by atoms with E-state index in [2.05, 4.69) is 53.3 Å². The monoisotopic (exact) mass is 868 g/mol. The molecular formula is C56H62N5O4+. The van der Waals surface area contributed by atoms with Crippen molar-refractivity contribution >= 4 is 12.1 Å². The first-order valence-corrected chi connectivity index (χ1v) is 23.2. The Labute approximate surface area is 385 Å². The molecule has 2 fully saturated rings. The van der Waals surface area contributed by atoms with Gasteiger partial charge in [0.15, 0.2) is 0 Å². The number of carbonyl (C=O) groups excluding carboxylic acids is 2. The molecule has 2 heterocycles. The fourth-order valence-corrected chi connectivity index (χ4v) is 8.38. The Morgan fingerprint density at radius 3 is 1.77 bits per heavy atom. The summed E-state index contributed by atoms with van der Waals surface area (Å²) in [6.07, 6.45) is 22.4. The highest BCUT2D eigenvalue weighted by molar-refractivity contribution is 5.78. The van der Waals surface area contributed by atoms with Gasteiger partial charge in [0.05, 0.1) is 24.7 Å². The minimum absolute atomic E-state index is 0.0212. The number of benzene rings is 5. The molecule has 0 bridgehead atoms. The minimum atomic E-state index is -0.481. The summed E-state index contributed by atoms with van der Waals surface area (Å²) in [6.45, 7) is 4.43. The molecule has 0 aliphatic heterocycles. The third kappa shape index (κ3) is 14.1. The first-order valence-electron chi connectivity index (χ1n) is 23.2. The van der Waals surface area contributed by atoms with Crippen molar-refractivity contribution in [2.24, 2.45) is 5.92 Å². The molecule has 0 saturated heterocycles. The molecule has 0 N–H and O–H groups in total. The van der Waals surface area contributed by atoms with Crippen LogP contribution in [0.4, 0.5) is 9.59 Å². The van der Waals surface area contributed by atoms with E-state index in [1.807, 2.05) is 103 Å². The molecule has 334 valence electrons. The third-order valence-electron chi connectivity index (χ3n) is 12.2. The molecule has 0 spiro atoms. The fourth-order valence-electron chi connectivity index (χ4n) is 8.38. The normalized spacial score (nSPS) is 13.9. The van der Waals surface area contributed by atoms with Crippen LogP contribution in [0.5, 0.6) is 11.5 Å². The van der Waals surface area contributed by atoms with Crippen LogP contribution >= 0.6 is 0 Å². The van der Waals surface area contributed by atoms with Gasteiger partial charge in [0, 0.05) is 36.6 Å². The first kappa shape index (κ1) is 46.1. The number of aromatic nitrogens is 4. The summed E-state index contributed by atoms with van der Waals surface area (Å²) in [5.74, 6) is 2.26. The summed E-state index contributed by atoms with van der Waals surface area (Å²) in [6, 6.07) is 45.9.